The van der Waals surface area contributed by atoms with Crippen molar-refractivity contribution in [3.05, 3.63) is 0 Å². The number of carbonyl (C=O) groups is 1. The Hall–Kier alpha value is -0.530. The van der Waals surface area contributed by atoms with Gasteiger partial charge in [-0.1, -0.05) is 59.8 Å². The fourth-order valence-corrected chi connectivity index (χ4v) is 3.82. The Kier molecular flexibility index (Phi) is 4.58. The molecule has 2 heteroatoms. The summed E-state index contributed by atoms with van der Waals surface area (Å²) >= 11 is 0. The zero-order valence-corrected chi connectivity index (χ0v) is 13.1. The maximum absolute atomic E-state index is 11.6. The Morgan fingerprint density at radius 3 is 2.42 bits per heavy atom. The Morgan fingerprint density at radius 1 is 1.21 bits per heavy atom. The van der Waals surface area contributed by atoms with E-state index < -0.39 is 0 Å². The maximum Gasteiger partial charge on any atom is 0.308 e. The maximum atomic E-state index is 11.6. The molecule has 0 saturated heterocycles. The van der Waals surface area contributed by atoms with Crippen molar-refractivity contribution in [2.75, 3.05) is 6.61 Å². The van der Waals surface area contributed by atoms with Crippen LogP contribution in [0, 0.1) is 29.1 Å². The van der Waals surface area contributed by atoms with E-state index >= 15 is 0 Å². The van der Waals surface area contributed by atoms with Gasteiger partial charge in [-0.05, 0) is 24.2 Å². The number of rotatable bonds is 5. The van der Waals surface area contributed by atoms with Crippen molar-refractivity contribution in [1.82, 2.24) is 0 Å². The second-order valence-electron chi connectivity index (χ2n) is 7.48. The lowest BCUT2D eigenvalue weighted by Gasteiger charge is -2.29. The van der Waals surface area contributed by atoms with Crippen LogP contribution < -0.4 is 0 Å². The molecular weight excluding hydrogens is 236 g/mol. The van der Waals surface area contributed by atoms with Crippen LogP contribution in [0.25, 0.3) is 0 Å². The van der Waals surface area contributed by atoms with Crippen molar-refractivity contribution in [2.24, 2.45) is 29.1 Å². The summed E-state index contributed by atoms with van der Waals surface area (Å²) in [6.07, 6.45) is 8.34. The largest absolute Gasteiger partial charge is 0.465 e. The van der Waals surface area contributed by atoms with Gasteiger partial charge < -0.3 is 4.74 Å². The van der Waals surface area contributed by atoms with Crippen LogP contribution in [-0.4, -0.2) is 12.6 Å². The molecule has 2 aliphatic carbocycles. The van der Waals surface area contributed by atoms with Crippen molar-refractivity contribution in [3.63, 3.8) is 0 Å². The van der Waals surface area contributed by atoms with Gasteiger partial charge in [0.2, 0.25) is 0 Å². The predicted octanol–water partition coefficient (Wildman–Crippen LogP) is 4.43. The van der Waals surface area contributed by atoms with E-state index in [1.165, 1.54) is 38.5 Å². The molecule has 0 aliphatic heterocycles. The Labute approximate surface area is 118 Å². The molecule has 2 aliphatic rings. The van der Waals surface area contributed by atoms with E-state index in [-0.39, 0.29) is 17.3 Å². The smallest absolute Gasteiger partial charge is 0.308 e. The van der Waals surface area contributed by atoms with Crippen LogP contribution in [0.4, 0.5) is 0 Å². The highest BCUT2D eigenvalue weighted by Gasteiger charge is 2.54. The number of ether oxygens (including phenoxy) is 1. The topological polar surface area (TPSA) is 26.3 Å². The average Bonchev–Trinajstić information content (AvgIpc) is 3.08. The monoisotopic (exact) mass is 266 g/mol. The average molecular weight is 266 g/mol. The molecule has 0 aromatic carbocycles. The molecule has 2 rings (SSSR count). The fraction of sp³-hybridized carbons (Fsp3) is 0.941. The fourth-order valence-electron chi connectivity index (χ4n) is 3.82. The zero-order chi connectivity index (χ0) is 14.0. The summed E-state index contributed by atoms with van der Waals surface area (Å²) in [5, 5.41) is 0. The first-order valence-electron chi connectivity index (χ1n) is 8.10. The molecule has 3 atom stereocenters. The molecule has 0 spiro atoms. The van der Waals surface area contributed by atoms with E-state index in [2.05, 4.69) is 13.8 Å². The predicted molar refractivity (Wildman–Crippen MR) is 77.8 cm³/mol. The van der Waals surface area contributed by atoms with Crippen molar-refractivity contribution < 1.29 is 9.53 Å². The SMILES string of the molecule is CC(C)C(=O)OC[C@]1(C)C[C@H]1[C@@H](C)C1CCCCC1. The van der Waals surface area contributed by atoms with Gasteiger partial charge in [-0.3, -0.25) is 4.79 Å². The lowest BCUT2D eigenvalue weighted by molar-refractivity contribution is -0.149. The van der Waals surface area contributed by atoms with Gasteiger partial charge in [-0.2, -0.15) is 0 Å². The molecule has 0 amide bonds. The lowest BCUT2D eigenvalue weighted by atomic mass is 9.77. The van der Waals surface area contributed by atoms with E-state index in [0.717, 1.165) is 17.8 Å². The lowest BCUT2D eigenvalue weighted by Crippen LogP contribution is -2.23. The molecule has 0 aromatic rings. The molecule has 0 N–H and O–H groups in total. The van der Waals surface area contributed by atoms with Crippen LogP contribution >= 0.6 is 0 Å². The molecule has 2 fully saturated rings. The Balaban J connectivity index is 1.79. The number of hydrogen-bond donors (Lipinski definition) is 0. The summed E-state index contributed by atoms with van der Waals surface area (Å²) in [6, 6.07) is 0. The second kappa shape index (κ2) is 5.85. The van der Waals surface area contributed by atoms with Gasteiger partial charge in [0.05, 0.1) is 12.5 Å². The molecule has 19 heavy (non-hydrogen) atoms. The van der Waals surface area contributed by atoms with Crippen molar-refractivity contribution in [3.8, 4) is 0 Å². The van der Waals surface area contributed by atoms with Crippen LogP contribution in [0.1, 0.15) is 66.2 Å². The molecule has 0 heterocycles. The summed E-state index contributed by atoms with van der Waals surface area (Å²) in [7, 11) is 0. The molecule has 2 nitrogen and oxygen atoms in total. The standard InChI is InChI=1S/C17H30O2/c1-12(2)16(18)19-11-17(4)10-15(17)13(3)14-8-6-5-7-9-14/h12-15H,5-11H2,1-4H3/t13-,15-,17-/m0/s1. The number of esters is 1. The highest BCUT2D eigenvalue weighted by Crippen LogP contribution is 2.59. The molecule has 0 radical (unpaired) electrons. The van der Waals surface area contributed by atoms with E-state index in [9.17, 15) is 4.79 Å². The van der Waals surface area contributed by atoms with Crippen LogP contribution in [0.15, 0.2) is 0 Å². The summed E-state index contributed by atoms with van der Waals surface area (Å²) in [4.78, 5) is 11.6. The molecular formula is C17H30O2. The first-order valence-corrected chi connectivity index (χ1v) is 8.10. The molecule has 0 bridgehead atoms. The van der Waals surface area contributed by atoms with Crippen molar-refractivity contribution >= 4 is 5.97 Å². The van der Waals surface area contributed by atoms with Gasteiger partial charge in [-0.15, -0.1) is 0 Å². The highest BCUT2D eigenvalue weighted by atomic mass is 16.5. The minimum atomic E-state index is -0.0443. The van der Waals surface area contributed by atoms with E-state index in [1.807, 2.05) is 13.8 Å². The van der Waals surface area contributed by atoms with Gasteiger partial charge in [-0.25, -0.2) is 0 Å². The summed E-state index contributed by atoms with van der Waals surface area (Å²) in [5.41, 5.74) is 0.265. The summed E-state index contributed by atoms with van der Waals surface area (Å²) in [5.74, 6) is 2.45. The third-order valence-electron chi connectivity index (χ3n) is 5.46. The third-order valence-corrected chi connectivity index (χ3v) is 5.46. The molecule has 110 valence electrons. The van der Waals surface area contributed by atoms with Crippen LogP contribution in [0.2, 0.25) is 0 Å². The van der Waals surface area contributed by atoms with Gasteiger partial charge in [0.15, 0.2) is 0 Å². The van der Waals surface area contributed by atoms with Gasteiger partial charge in [0, 0.05) is 5.41 Å². The van der Waals surface area contributed by atoms with E-state index in [1.54, 1.807) is 0 Å². The Morgan fingerprint density at radius 2 is 1.84 bits per heavy atom. The van der Waals surface area contributed by atoms with Gasteiger partial charge in [0.1, 0.15) is 0 Å². The van der Waals surface area contributed by atoms with E-state index in [0.29, 0.717) is 6.61 Å². The Bertz CT molecular complexity index is 317. The molecule has 0 unspecified atom stereocenters. The minimum absolute atomic E-state index is 0.00318. The van der Waals surface area contributed by atoms with Gasteiger partial charge in [0.25, 0.3) is 0 Å². The van der Waals surface area contributed by atoms with Crippen LogP contribution in [-0.2, 0) is 9.53 Å². The van der Waals surface area contributed by atoms with Crippen molar-refractivity contribution in [1.29, 1.82) is 0 Å². The minimum Gasteiger partial charge on any atom is -0.465 e. The van der Waals surface area contributed by atoms with E-state index in [4.69, 9.17) is 4.74 Å². The number of hydrogen-bond acceptors (Lipinski definition) is 2. The third kappa shape index (κ3) is 3.52. The number of carbonyl (C=O) groups excluding carboxylic acids is 1. The highest BCUT2D eigenvalue weighted by molar-refractivity contribution is 5.71. The zero-order valence-electron chi connectivity index (χ0n) is 13.1. The first kappa shape index (κ1) is 14.9. The normalized spacial score (nSPS) is 33.2. The quantitative estimate of drug-likeness (QED) is 0.688. The summed E-state index contributed by atoms with van der Waals surface area (Å²) in [6.45, 7) is 9.16. The second-order valence-corrected chi connectivity index (χ2v) is 7.48. The van der Waals surface area contributed by atoms with Crippen LogP contribution in [0.3, 0.4) is 0 Å². The first-order chi connectivity index (χ1) is 8.94. The van der Waals surface area contributed by atoms with Crippen LogP contribution in [0.5, 0.6) is 0 Å². The van der Waals surface area contributed by atoms with Gasteiger partial charge >= 0.3 is 5.97 Å². The van der Waals surface area contributed by atoms with Crippen molar-refractivity contribution in [2.45, 2.75) is 66.2 Å². The molecule has 2 saturated carbocycles. The summed E-state index contributed by atoms with van der Waals surface area (Å²) < 4.78 is 5.46. The molecule has 0 aromatic heterocycles.